The molecule has 21 heavy (non-hydrogen) atoms. The van der Waals surface area contributed by atoms with Gasteiger partial charge >= 0.3 is 0 Å². The number of hydrogen-bond donors (Lipinski definition) is 1. The third-order valence-electron chi connectivity index (χ3n) is 2.89. The maximum atomic E-state index is 12.0. The fraction of sp³-hybridized carbons (Fsp3) is 0.286. The van der Waals surface area contributed by atoms with Crippen LogP contribution < -0.4 is 14.8 Å². The van der Waals surface area contributed by atoms with Crippen molar-refractivity contribution in [3.63, 3.8) is 0 Å². The molecule has 0 radical (unpaired) electrons. The lowest BCUT2D eigenvalue weighted by Crippen LogP contribution is -2.17. The minimum absolute atomic E-state index is 0.142. The number of benzene rings is 1. The van der Waals surface area contributed by atoms with Crippen molar-refractivity contribution in [2.24, 2.45) is 0 Å². The third kappa shape index (κ3) is 3.28. The molecule has 0 saturated carbocycles. The van der Waals surface area contributed by atoms with Gasteiger partial charge < -0.3 is 14.8 Å². The van der Waals surface area contributed by atoms with Gasteiger partial charge in [0, 0.05) is 5.38 Å². The van der Waals surface area contributed by atoms with Crippen LogP contribution in [0.3, 0.4) is 0 Å². The third-order valence-corrected chi connectivity index (χ3v) is 4.04. The average Bonchev–Trinajstić information content (AvgIpc) is 2.84. The standard InChI is InChI=1S/C14H13ClN2O3S/c1-8-7-21-14(16-8)17-12(18)6-9-4-10(15)13-11(5-9)19-2-3-20-13/h4-5,7H,2-3,6H2,1H3,(H,16,17,18). The van der Waals surface area contributed by atoms with Gasteiger partial charge in [-0.3, -0.25) is 4.79 Å². The summed E-state index contributed by atoms with van der Waals surface area (Å²) in [6.07, 6.45) is 0.203. The highest BCUT2D eigenvalue weighted by Crippen LogP contribution is 2.38. The van der Waals surface area contributed by atoms with Crippen molar-refractivity contribution in [3.05, 3.63) is 33.8 Å². The van der Waals surface area contributed by atoms with Gasteiger partial charge in [0.05, 0.1) is 17.1 Å². The van der Waals surface area contributed by atoms with Crippen LogP contribution in [0.15, 0.2) is 17.5 Å². The topological polar surface area (TPSA) is 60.5 Å². The molecule has 7 heteroatoms. The van der Waals surface area contributed by atoms with Gasteiger partial charge in [0.2, 0.25) is 5.91 Å². The fourth-order valence-corrected chi connectivity index (χ4v) is 3.02. The minimum Gasteiger partial charge on any atom is -0.486 e. The molecule has 0 atom stereocenters. The molecule has 2 heterocycles. The molecule has 0 spiro atoms. The smallest absolute Gasteiger partial charge is 0.230 e. The molecule has 2 aromatic rings. The summed E-state index contributed by atoms with van der Waals surface area (Å²) >= 11 is 7.55. The lowest BCUT2D eigenvalue weighted by molar-refractivity contribution is -0.115. The highest BCUT2D eigenvalue weighted by molar-refractivity contribution is 7.13. The van der Waals surface area contributed by atoms with Crippen molar-refractivity contribution in [2.75, 3.05) is 18.5 Å². The Morgan fingerprint density at radius 1 is 1.43 bits per heavy atom. The van der Waals surface area contributed by atoms with E-state index in [-0.39, 0.29) is 12.3 Å². The number of carbonyl (C=O) groups excluding carboxylic acids is 1. The number of aryl methyl sites for hydroxylation is 1. The number of ether oxygens (including phenoxy) is 2. The number of rotatable bonds is 3. The molecule has 1 aliphatic heterocycles. The number of thiazole rings is 1. The number of aromatic nitrogens is 1. The second-order valence-corrected chi connectivity index (χ2v) is 5.89. The summed E-state index contributed by atoms with van der Waals surface area (Å²) in [5, 5.41) is 5.71. The first-order chi connectivity index (χ1) is 10.1. The first-order valence-corrected chi connectivity index (χ1v) is 7.67. The summed E-state index contributed by atoms with van der Waals surface area (Å²) in [4.78, 5) is 16.2. The Kier molecular flexibility index (Phi) is 3.98. The van der Waals surface area contributed by atoms with E-state index in [9.17, 15) is 4.79 Å². The van der Waals surface area contributed by atoms with Crippen molar-refractivity contribution in [1.82, 2.24) is 4.98 Å². The Balaban J connectivity index is 1.72. The highest BCUT2D eigenvalue weighted by Gasteiger charge is 2.18. The molecule has 5 nitrogen and oxygen atoms in total. The van der Waals surface area contributed by atoms with E-state index in [2.05, 4.69) is 10.3 Å². The molecule has 0 aliphatic carbocycles. The lowest BCUT2D eigenvalue weighted by Gasteiger charge is -2.20. The molecule has 1 amide bonds. The van der Waals surface area contributed by atoms with E-state index in [1.807, 2.05) is 12.3 Å². The number of hydrogen-bond acceptors (Lipinski definition) is 5. The molecule has 0 bridgehead atoms. The number of fused-ring (bicyclic) bond motifs is 1. The molecule has 1 aromatic carbocycles. The van der Waals surface area contributed by atoms with Crippen molar-refractivity contribution in [2.45, 2.75) is 13.3 Å². The van der Waals surface area contributed by atoms with Gasteiger partial charge in [-0.05, 0) is 24.6 Å². The van der Waals surface area contributed by atoms with Gasteiger partial charge in [0.1, 0.15) is 13.2 Å². The molecular weight excluding hydrogens is 312 g/mol. The monoisotopic (exact) mass is 324 g/mol. The molecule has 110 valence electrons. The van der Waals surface area contributed by atoms with Gasteiger partial charge in [-0.25, -0.2) is 4.98 Å². The first-order valence-electron chi connectivity index (χ1n) is 6.42. The predicted octanol–water partition coefficient (Wildman–Crippen LogP) is 3.06. The zero-order valence-corrected chi connectivity index (χ0v) is 12.9. The van der Waals surface area contributed by atoms with Crippen LogP contribution in [0.4, 0.5) is 5.13 Å². The van der Waals surface area contributed by atoms with E-state index in [1.54, 1.807) is 12.1 Å². The first kappa shape index (κ1) is 14.2. The Morgan fingerprint density at radius 2 is 2.24 bits per heavy atom. The quantitative estimate of drug-likeness (QED) is 0.942. The molecule has 0 saturated heterocycles. The van der Waals surface area contributed by atoms with Crippen LogP contribution >= 0.6 is 22.9 Å². The molecule has 0 unspecified atom stereocenters. The van der Waals surface area contributed by atoms with Gasteiger partial charge in [-0.15, -0.1) is 11.3 Å². The number of amides is 1. The SMILES string of the molecule is Cc1csc(NC(=O)Cc2cc(Cl)c3c(c2)OCCO3)n1. The predicted molar refractivity (Wildman–Crippen MR) is 81.6 cm³/mol. The summed E-state index contributed by atoms with van der Waals surface area (Å²) in [6, 6.07) is 3.51. The Hall–Kier alpha value is -1.79. The van der Waals surface area contributed by atoms with Gasteiger partial charge in [0.25, 0.3) is 0 Å². The maximum Gasteiger partial charge on any atom is 0.230 e. The Morgan fingerprint density at radius 3 is 3.00 bits per heavy atom. The van der Waals surface area contributed by atoms with E-state index in [1.165, 1.54) is 11.3 Å². The zero-order valence-electron chi connectivity index (χ0n) is 11.3. The Labute approximate surface area is 130 Å². The number of carbonyl (C=O) groups is 1. The van der Waals surface area contributed by atoms with E-state index in [4.69, 9.17) is 21.1 Å². The van der Waals surface area contributed by atoms with Crippen molar-refractivity contribution in [3.8, 4) is 11.5 Å². The Bertz CT molecular complexity index is 687. The van der Waals surface area contributed by atoms with Crippen molar-refractivity contribution < 1.29 is 14.3 Å². The van der Waals surface area contributed by atoms with Crippen molar-refractivity contribution >= 4 is 34.0 Å². The largest absolute Gasteiger partial charge is 0.486 e. The van der Waals surface area contributed by atoms with Crippen LogP contribution in [0.25, 0.3) is 0 Å². The second kappa shape index (κ2) is 5.91. The highest BCUT2D eigenvalue weighted by atomic mass is 35.5. The normalized spacial score (nSPS) is 13.0. The zero-order chi connectivity index (χ0) is 14.8. The number of nitrogens with one attached hydrogen (secondary N) is 1. The summed E-state index contributed by atoms with van der Waals surface area (Å²) < 4.78 is 10.9. The average molecular weight is 325 g/mol. The summed E-state index contributed by atoms with van der Waals surface area (Å²) in [6.45, 7) is 2.85. The van der Waals surface area contributed by atoms with Crippen molar-refractivity contribution in [1.29, 1.82) is 0 Å². The number of nitrogens with zero attached hydrogens (tertiary/aromatic N) is 1. The molecular formula is C14H13ClN2O3S. The van der Waals surface area contributed by atoms with Gasteiger partial charge in [0.15, 0.2) is 16.6 Å². The summed E-state index contributed by atoms with van der Waals surface area (Å²) in [5.41, 5.74) is 1.66. The molecule has 1 aromatic heterocycles. The summed E-state index contributed by atoms with van der Waals surface area (Å²) in [7, 11) is 0. The molecule has 1 N–H and O–H groups in total. The van der Waals surface area contributed by atoms with Crippen LogP contribution in [0.2, 0.25) is 5.02 Å². The van der Waals surface area contributed by atoms with Crippen LogP contribution in [-0.4, -0.2) is 24.1 Å². The van der Waals surface area contributed by atoms with E-state index >= 15 is 0 Å². The lowest BCUT2D eigenvalue weighted by atomic mass is 10.1. The minimum atomic E-state index is -0.142. The van der Waals surface area contributed by atoms with Gasteiger partial charge in [-0.1, -0.05) is 11.6 Å². The van der Waals surface area contributed by atoms with Crippen LogP contribution in [0.5, 0.6) is 11.5 Å². The fourth-order valence-electron chi connectivity index (χ4n) is 2.03. The van der Waals surface area contributed by atoms with E-state index in [0.29, 0.717) is 34.9 Å². The number of halogens is 1. The van der Waals surface area contributed by atoms with Crippen LogP contribution in [0, 0.1) is 6.92 Å². The number of anilines is 1. The second-order valence-electron chi connectivity index (χ2n) is 4.62. The van der Waals surface area contributed by atoms with E-state index in [0.717, 1.165) is 11.3 Å². The van der Waals surface area contributed by atoms with E-state index < -0.39 is 0 Å². The van der Waals surface area contributed by atoms with Crippen LogP contribution in [-0.2, 0) is 11.2 Å². The molecule has 3 rings (SSSR count). The van der Waals surface area contributed by atoms with Gasteiger partial charge in [-0.2, -0.15) is 0 Å². The van der Waals surface area contributed by atoms with Crippen LogP contribution in [0.1, 0.15) is 11.3 Å². The molecule has 0 fully saturated rings. The molecule has 1 aliphatic rings. The maximum absolute atomic E-state index is 12.0. The summed E-state index contributed by atoms with van der Waals surface area (Å²) in [5.74, 6) is 0.987.